The highest BCUT2D eigenvalue weighted by atomic mass is 16.6. The molecule has 0 saturated carbocycles. The van der Waals surface area contributed by atoms with Crippen molar-refractivity contribution < 1.29 is 19.1 Å². The molecule has 0 saturated heterocycles. The van der Waals surface area contributed by atoms with Crippen molar-refractivity contribution in [3.63, 3.8) is 0 Å². The van der Waals surface area contributed by atoms with E-state index >= 15 is 0 Å². The standard InChI is InChI=1S/C16H24N2O4/c1-6-21-14(19)13(12-9-7-8-11(2)10-12)17-18-15(20)22-16(3,4)5/h7-10,13,17H,6H2,1-5H3,(H,18,20). The van der Waals surface area contributed by atoms with Gasteiger partial charge in [-0.05, 0) is 40.2 Å². The number of benzene rings is 1. The van der Waals surface area contributed by atoms with Crippen LogP contribution in [0.1, 0.15) is 44.9 Å². The van der Waals surface area contributed by atoms with Gasteiger partial charge in [0.2, 0.25) is 0 Å². The second-order valence-electron chi connectivity index (χ2n) is 5.87. The molecule has 6 heteroatoms. The van der Waals surface area contributed by atoms with Crippen LogP contribution in [-0.4, -0.2) is 24.3 Å². The van der Waals surface area contributed by atoms with Crippen molar-refractivity contribution in [3.8, 4) is 0 Å². The molecule has 122 valence electrons. The predicted molar refractivity (Wildman–Crippen MR) is 83.1 cm³/mol. The van der Waals surface area contributed by atoms with E-state index in [4.69, 9.17) is 9.47 Å². The summed E-state index contributed by atoms with van der Waals surface area (Å²) >= 11 is 0. The van der Waals surface area contributed by atoms with Gasteiger partial charge in [-0.2, -0.15) is 0 Å². The fourth-order valence-electron chi connectivity index (χ4n) is 1.79. The van der Waals surface area contributed by atoms with Gasteiger partial charge in [0.15, 0.2) is 0 Å². The van der Waals surface area contributed by atoms with Crippen LogP contribution in [0.5, 0.6) is 0 Å². The first-order chi connectivity index (χ1) is 10.2. The molecule has 1 amide bonds. The summed E-state index contributed by atoms with van der Waals surface area (Å²) in [7, 11) is 0. The van der Waals surface area contributed by atoms with Crippen molar-refractivity contribution in [2.75, 3.05) is 6.61 Å². The first kappa shape index (κ1) is 18.0. The molecule has 0 heterocycles. The van der Waals surface area contributed by atoms with E-state index < -0.39 is 23.7 Å². The molecule has 1 atom stereocenters. The summed E-state index contributed by atoms with van der Waals surface area (Å²) in [5, 5.41) is 0. The number of esters is 1. The lowest BCUT2D eigenvalue weighted by atomic mass is 10.1. The van der Waals surface area contributed by atoms with Crippen molar-refractivity contribution in [2.45, 2.75) is 46.3 Å². The zero-order valence-corrected chi connectivity index (χ0v) is 13.7. The summed E-state index contributed by atoms with van der Waals surface area (Å²) < 4.78 is 10.2. The Hall–Kier alpha value is -2.08. The average Bonchev–Trinajstić information content (AvgIpc) is 2.37. The Bertz CT molecular complexity index is 523. The molecule has 0 aromatic heterocycles. The topological polar surface area (TPSA) is 76.7 Å². The number of ether oxygens (including phenoxy) is 2. The maximum atomic E-state index is 12.1. The zero-order chi connectivity index (χ0) is 16.8. The van der Waals surface area contributed by atoms with Crippen LogP contribution in [0.15, 0.2) is 24.3 Å². The number of carbonyl (C=O) groups excluding carboxylic acids is 2. The molecular weight excluding hydrogens is 284 g/mol. The maximum absolute atomic E-state index is 12.1. The summed E-state index contributed by atoms with van der Waals surface area (Å²) in [6.45, 7) is 9.19. The van der Waals surface area contributed by atoms with Gasteiger partial charge in [-0.25, -0.2) is 15.0 Å². The molecule has 0 bridgehead atoms. The highest BCUT2D eigenvalue weighted by Gasteiger charge is 2.24. The van der Waals surface area contributed by atoms with E-state index in [2.05, 4.69) is 10.9 Å². The molecule has 0 fully saturated rings. The van der Waals surface area contributed by atoms with Crippen LogP contribution >= 0.6 is 0 Å². The van der Waals surface area contributed by atoms with Gasteiger partial charge >= 0.3 is 12.1 Å². The third kappa shape index (κ3) is 6.13. The summed E-state index contributed by atoms with van der Waals surface area (Å²) in [6, 6.07) is 6.61. The van der Waals surface area contributed by atoms with Crippen molar-refractivity contribution in [1.82, 2.24) is 10.9 Å². The number of carbonyl (C=O) groups is 2. The molecule has 1 aromatic carbocycles. The highest BCUT2D eigenvalue weighted by Crippen LogP contribution is 2.16. The van der Waals surface area contributed by atoms with Crippen LogP contribution in [0, 0.1) is 6.92 Å². The van der Waals surface area contributed by atoms with Crippen molar-refractivity contribution >= 4 is 12.1 Å². The summed E-state index contributed by atoms with van der Waals surface area (Å²) in [5.41, 5.74) is 6.15. The minimum atomic E-state index is -0.799. The third-order valence-electron chi connectivity index (χ3n) is 2.62. The SMILES string of the molecule is CCOC(=O)C(NNC(=O)OC(C)(C)C)c1cccc(C)c1. The molecule has 0 aliphatic heterocycles. The van der Waals surface area contributed by atoms with Gasteiger partial charge in [0.25, 0.3) is 0 Å². The van der Waals surface area contributed by atoms with Crippen LogP contribution in [0.3, 0.4) is 0 Å². The smallest absolute Gasteiger partial charge is 0.422 e. The van der Waals surface area contributed by atoms with Crippen LogP contribution < -0.4 is 10.9 Å². The Balaban J connectivity index is 2.79. The summed E-state index contributed by atoms with van der Waals surface area (Å²) in [4.78, 5) is 23.8. The van der Waals surface area contributed by atoms with Crippen molar-refractivity contribution in [3.05, 3.63) is 35.4 Å². The van der Waals surface area contributed by atoms with Gasteiger partial charge < -0.3 is 9.47 Å². The maximum Gasteiger partial charge on any atom is 0.422 e. The fourth-order valence-corrected chi connectivity index (χ4v) is 1.79. The van der Waals surface area contributed by atoms with E-state index in [1.165, 1.54) is 0 Å². The molecule has 1 unspecified atom stereocenters. The first-order valence-corrected chi connectivity index (χ1v) is 7.20. The van der Waals surface area contributed by atoms with E-state index in [0.29, 0.717) is 5.56 Å². The molecule has 0 aliphatic carbocycles. The molecule has 0 aliphatic rings. The van der Waals surface area contributed by atoms with Crippen LogP contribution in [0.25, 0.3) is 0 Å². The van der Waals surface area contributed by atoms with Crippen LogP contribution in [-0.2, 0) is 14.3 Å². The Kier molecular flexibility index (Phi) is 6.37. The normalized spacial score (nSPS) is 12.4. The lowest BCUT2D eigenvalue weighted by Crippen LogP contribution is -2.45. The summed E-state index contributed by atoms with van der Waals surface area (Å²) in [5.74, 6) is -0.468. The second kappa shape index (κ2) is 7.79. The van der Waals surface area contributed by atoms with Crippen LogP contribution in [0.4, 0.5) is 4.79 Å². The Morgan fingerprint density at radius 3 is 2.50 bits per heavy atom. The van der Waals surface area contributed by atoms with Gasteiger partial charge in [0.1, 0.15) is 11.6 Å². The number of hydrogen-bond donors (Lipinski definition) is 2. The number of aryl methyl sites for hydroxylation is 1. The average molecular weight is 308 g/mol. The minimum absolute atomic E-state index is 0.259. The largest absolute Gasteiger partial charge is 0.465 e. The summed E-state index contributed by atoms with van der Waals surface area (Å²) in [6.07, 6.45) is -0.658. The van der Waals surface area contributed by atoms with E-state index in [-0.39, 0.29) is 6.61 Å². The minimum Gasteiger partial charge on any atom is -0.465 e. The highest BCUT2D eigenvalue weighted by molar-refractivity contribution is 5.78. The van der Waals surface area contributed by atoms with Gasteiger partial charge in [0, 0.05) is 0 Å². The second-order valence-corrected chi connectivity index (χ2v) is 5.87. The van der Waals surface area contributed by atoms with Gasteiger partial charge in [-0.1, -0.05) is 29.8 Å². The quantitative estimate of drug-likeness (QED) is 0.646. The lowest BCUT2D eigenvalue weighted by Gasteiger charge is -2.22. The number of amides is 1. The molecule has 1 aromatic rings. The predicted octanol–water partition coefficient (Wildman–Crippen LogP) is 2.63. The number of hydrazine groups is 1. The van der Waals surface area contributed by atoms with Gasteiger partial charge in [-0.15, -0.1) is 0 Å². The van der Waals surface area contributed by atoms with Crippen LogP contribution in [0.2, 0.25) is 0 Å². The zero-order valence-electron chi connectivity index (χ0n) is 13.7. The molecule has 22 heavy (non-hydrogen) atoms. The van der Waals surface area contributed by atoms with E-state index in [0.717, 1.165) is 5.56 Å². The van der Waals surface area contributed by atoms with E-state index in [1.807, 2.05) is 25.1 Å². The Morgan fingerprint density at radius 2 is 1.95 bits per heavy atom. The van der Waals surface area contributed by atoms with E-state index in [9.17, 15) is 9.59 Å². The number of hydrogen-bond acceptors (Lipinski definition) is 5. The molecular formula is C16H24N2O4. The molecule has 0 spiro atoms. The number of nitrogens with one attached hydrogen (secondary N) is 2. The molecule has 6 nitrogen and oxygen atoms in total. The van der Waals surface area contributed by atoms with Gasteiger partial charge in [-0.3, -0.25) is 5.43 Å². The third-order valence-corrected chi connectivity index (χ3v) is 2.62. The Labute approximate surface area is 131 Å². The lowest BCUT2D eigenvalue weighted by molar-refractivity contribution is -0.146. The molecule has 1 rings (SSSR count). The fraction of sp³-hybridized carbons (Fsp3) is 0.500. The first-order valence-electron chi connectivity index (χ1n) is 7.20. The van der Waals surface area contributed by atoms with E-state index in [1.54, 1.807) is 33.8 Å². The molecule has 2 N–H and O–H groups in total. The van der Waals surface area contributed by atoms with Gasteiger partial charge in [0.05, 0.1) is 6.61 Å². The monoisotopic (exact) mass is 308 g/mol. The van der Waals surface area contributed by atoms with Crippen molar-refractivity contribution in [2.24, 2.45) is 0 Å². The number of rotatable bonds is 5. The molecule has 0 radical (unpaired) electrons. The van der Waals surface area contributed by atoms with Crippen molar-refractivity contribution in [1.29, 1.82) is 0 Å². The Morgan fingerprint density at radius 1 is 1.27 bits per heavy atom.